The number of likely N-dealkylation sites (tertiary alicyclic amines) is 1. The molecule has 1 aliphatic rings. The first-order chi connectivity index (χ1) is 12.5. The number of carboxylic acid groups (broad SMARTS) is 1. The van der Waals surface area contributed by atoms with E-state index in [0.29, 0.717) is 25.1 Å². The van der Waals surface area contributed by atoms with Gasteiger partial charge in [0.05, 0.1) is 7.11 Å². The summed E-state index contributed by atoms with van der Waals surface area (Å²) in [6.45, 7) is 2.45. The zero-order chi connectivity index (χ0) is 18.7. The third-order valence-electron chi connectivity index (χ3n) is 4.86. The average Bonchev–Trinajstić information content (AvgIpc) is 3.28. The van der Waals surface area contributed by atoms with E-state index in [1.165, 1.54) is 6.07 Å². The fourth-order valence-electron chi connectivity index (χ4n) is 3.56. The first kappa shape index (κ1) is 18.0. The summed E-state index contributed by atoms with van der Waals surface area (Å²) in [6.07, 6.45) is 2.94. The second-order valence-corrected chi connectivity index (χ2v) is 6.42. The minimum absolute atomic E-state index is 0.0438. The van der Waals surface area contributed by atoms with E-state index < -0.39 is 5.97 Å². The zero-order valence-electron chi connectivity index (χ0n) is 15.0. The Bertz CT molecular complexity index is 810. The van der Waals surface area contributed by atoms with E-state index in [0.717, 1.165) is 24.2 Å². The van der Waals surface area contributed by atoms with Crippen LogP contribution in [-0.4, -0.2) is 41.6 Å². The number of carbonyl (C=O) groups excluding carboxylic acids is 1. The van der Waals surface area contributed by atoms with Gasteiger partial charge in [-0.05, 0) is 30.9 Å². The van der Waals surface area contributed by atoms with Gasteiger partial charge in [0.2, 0.25) is 0 Å². The van der Waals surface area contributed by atoms with Gasteiger partial charge >= 0.3 is 5.97 Å². The maximum absolute atomic E-state index is 12.9. The molecule has 2 heterocycles. The molecule has 1 amide bonds. The molecule has 1 aliphatic heterocycles. The lowest BCUT2D eigenvalue weighted by Crippen LogP contribution is -2.36. The Kier molecular flexibility index (Phi) is 5.30. The number of ether oxygens (including phenoxy) is 1. The molecule has 0 aliphatic carbocycles. The molecule has 3 rings (SSSR count). The summed E-state index contributed by atoms with van der Waals surface area (Å²) >= 11 is 0. The van der Waals surface area contributed by atoms with Crippen molar-refractivity contribution < 1.29 is 23.8 Å². The Hall–Kier alpha value is -2.76. The van der Waals surface area contributed by atoms with Crippen molar-refractivity contribution in [1.29, 1.82) is 0 Å². The maximum Gasteiger partial charge on any atom is 0.339 e. The number of carbonyl (C=O) groups is 2. The molecule has 26 heavy (non-hydrogen) atoms. The average molecular weight is 357 g/mol. The van der Waals surface area contributed by atoms with Crippen molar-refractivity contribution in [2.45, 2.75) is 38.6 Å². The number of nitrogens with zero attached hydrogens (tertiary/aromatic N) is 1. The fourth-order valence-corrected chi connectivity index (χ4v) is 3.56. The number of rotatable bonds is 6. The van der Waals surface area contributed by atoms with Gasteiger partial charge in [-0.3, -0.25) is 4.79 Å². The van der Waals surface area contributed by atoms with Crippen LogP contribution in [0.1, 0.15) is 52.0 Å². The Morgan fingerprint density at radius 2 is 2.12 bits per heavy atom. The third-order valence-corrected chi connectivity index (χ3v) is 4.86. The second-order valence-electron chi connectivity index (χ2n) is 6.42. The molecule has 0 radical (unpaired) electrons. The first-order valence-corrected chi connectivity index (χ1v) is 8.84. The lowest BCUT2D eigenvalue weighted by Gasteiger charge is -2.24. The molecule has 6 nitrogen and oxygen atoms in total. The molecule has 0 saturated carbocycles. The molecule has 138 valence electrons. The molecule has 2 aromatic rings. The Labute approximate surface area is 152 Å². The van der Waals surface area contributed by atoms with Gasteiger partial charge in [0, 0.05) is 25.1 Å². The summed E-state index contributed by atoms with van der Waals surface area (Å²) in [6, 6.07) is 9.19. The molecule has 1 fully saturated rings. The first-order valence-electron chi connectivity index (χ1n) is 8.84. The molecule has 6 heteroatoms. The largest absolute Gasteiger partial charge is 0.496 e. The van der Waals surface area contributed by atoms with Crippen LogP contribution in [0.4, 0.5) is 0 Å². The van der Waals surface area contributed by atoms with Crippen LogP contribution in [-0.2, 0) is 12.8 Å². The van der Waals surface area contributed by atoms with Crippen molar-refractivity contribution in [3.05, 3.63) is 53.0 Å². The summed E-state index contributed by atoms with van der Waals surface area (Å²) < 4.78 is 11.0. The summed E-state index contributed by atoms with van der Waals surface area (Å²) in [4.78, 5) is 26.0. The Morgan fingerprint density at radius 3 is 2.77 bits per heavy atom. The minimum Gasteiger partial charge on any atom is -0.496 e. The van der Waals surface area contributed by atoms with Crippen molar-refractivity contribution in [1.82, 2.24) is 4.90 Å². The van der Waals surface area contributed by atoms with Gasteiger partial charge in [0.15, 0.2) is 5.76 Å². The smallest absolute Gasteiger partial charge is 0.339 e. The Morgan fingerprint density at radius 1 is 1.35 bits per heavy atom. The second kappa shape index (κ2) is 7.64. The summed E-state index contributed by atoms with van der Waals surface area (Å²) in [5.41, 5.74) is 1.12. The van der Waals surface area contributed by atoms with Crippen LogP contribution < -0.4 is 4.74 Å². The highest BCUT2D eigenvalue weighted by molar-refractivity contribution is 5.96. The number of methoxy groups -OCH3 is 1. The highest BCUT2D eigenvalue weighted by Crippen LogP contribution is 2.28. The fraction of sp³-hybridized carbons (Fsp3) is 0.400. The SMILES string of the molecule is CCc1oc(C(=O)N2CCCC2Cc2ccccc2OC)cc1C(=O)O. The molecular formula is C20H23NO5. The van der Waals surface area contributed by atoms with Gasteiger partial charge in [-0.25, -0.2) is 4.79 Å². The van der Waals surface area contributed by atoms with E-state index >= 15 is 0 Å². The van der Waals surface area contributed by atoms with Crippen LogP contribution in [0.25, 0.3) is 0 Å². The van der Waals surface area contributed by atoms with Gasteiger partial charge in [0.25, 0.3) is 5.91 Å². The molecule has 1 aromatic carbocycles. The van der Waals surface area contributed by atoms with E-state index in [1.54, 1.807) is 18.9 Å². The lowest BCUT2D eigenvalue weighted by atomic mass is 10.0. The van der Waals surface area contributed by atoms with Gasteiger partial charge in [-0.2, -0.15) is 0 Å². The van der Waals surface area contributed by atoms with E-state index in [9.17, 15) is 14.7 Å². The topological polar surface area (TPSA) is 80.0 Å². The molecule has 1 saturated heterocycles. The van der Waals surface area contributed by atoms with Crippen molar-refractivity contribution in [3.8, 4) is 5.75 Å². The molecule has 1 N–H and O–H groups in total. The Balaban J connectivity index is 1.81. The summed E-state index contributed by atoms with van der Waals surface area (Å²) in [5.74, 6) is -0.0695. The monoisotopic (exact) mass is 357 g/mol. The van der Waals surface area contributed by atoms with Crippen molar-refractivity contribution in [2.24, 2.45) is 0 Å². The number of hydrogen-bond acceptors (Lipinski definition) is 4. The van der Waals surface area contributed by atoms with Crippen LogP contribution in [0, 0.1) is 0 Å². The maximum atomic E-state index is 12.9. The van der Waals surface area contributed by atoms with Gasteiger partial charge < -0.3 is 19.2 Å². The van der Waals surface area contributed by atoms with Gasteiger partial charge in [-0.1, -0.05) is 25.1 Å². The number of amides is 1. The highest BCUT2D eigenvalue weighted by Gasteiger charge is 2.32. The van der Waals surface area contributed by atoms with Crippen molar-refractivity contribution in [3.63, 3.8) is 0 Å². The summed E-state index contributed by atoms with van der Waals surface area (Å²) in [7, 11) is 1.64. The highest BCUT2D eigenvalue weighted by atomic mass is 16.5. The van der Waals surface area contributed by atoms with E-state index in [-0.39, 0.29) is 23.3 Å². The predicted molar refractivity (Wildman–Crippen MR) is 95.8 cm³/mol. The van der Waals surface area contributed by atoms with Gasteiger partial charge in [-0.15, -0.1) is 0 Å². The quantitative estimate of drug-likeness (QED) is 0.857. The number of aromatic carboxylic acids is 1. The van der Waals surface area contributed by atoms with Crippen molar-refractivity contribution >= 4 is 11.9 Å². The van der Waals surface area contributed by atoms with Gasteiger partial charge in [0.1, 0.15) is 17.1 Å². The molecule has 0 spiro atoms. The molecule has 0 bridgehead atoms. The number of furan rings is 1. The summed E-state index contributed by atoms with van der Waals surface area (Å²) in [5, 5.41) is 9.26. The van der Waals surface area contributed by atoms with E-state index in [2.05, 4.69) is 0 Å². The van der Waals surface area contributed by atoms with E-state index in [1.807, 2.05) is 24.3 Å². The third kappa shape index (κ3) is 3.45. The van der Waals surface area contributed by atoms with Crippen LogP contribution in [0.2, 0.25) is 0 Å². The number of benzene rings is 1. The molecular weight excluding hydrogens is 334 g/mol. The number of aryl methyl sites for hydroxylation is 1. The van der Waals surface area contributed by atoms with Crippen LogP contribution in [0.3, 0.4) is 0 Å². The van der Waals surface area contributed by atoms with Crippen LogP contribution in [0.15, 0.2) is 34.7 Å². The minimum atomic E-state index is -1.07. The molecule has 1 atom stereocenters. The predicted octanol–water partition coefficient (Wildman–Crippen LogP) is 3.40. The van der Waals surface area contributed by atoms with Crippen molar-refractivity contribution in [2.75, 3.05) is 13.7 Å². The van der Waals surface area contributed by atoms with Crippen LogP contribution in [0.5, 0.6) is 5.75 Å². The van der Waals surface area contributed by atoms with Crippen LogP contribution >= 0.6 is 0 Å². The molecule has 1 unspecified atom stereocenters. The normalized spacial score (nSPS) is 16.7. The molecule has 1 aromatic heterocycles. The number of para-hydroxylation sites is 1. The zero-order valence-corrected chi connectivity index (χ0v) is 15.0. The number of carboxylic acids is 1. The standard InChI is InChI=1S/C20H23NO5/c1-3-16-15(20(23)24)12-18(26-16)19(22)21-10-6-8-14(21)11-13-7-4-5-9-17(13)25-2/h4-5,7,9,12,14H,3,6,8,10-11H2,1-2H3,(H,23,24). The van der Waals surface area contributed by atoms with E-state index in [4.69, 9.17) is 9.15 Å². The number of hydrogen-bond donors (Lipinski definition) is 1. The lowest BCUT2D eigenvalue weighted by molar-refractivity contribution is 0.0687.